The number of benzene rings is 1. The van der Waals surface area contributed by atoms with Crippen molar-refractivity contribution in [1.82, 2.24) is 4.90 Å². The maximum absolute atomic E-state index is 12.3. The maximum atomic E-state index is 12.3. The van der Waals surface area contributed by atoms with E-state index in [4.69, 9.17) is 9.47 Å². The van der Waals surface area contributed by atoms with Crippen LogP contribution in [0.25, 0.3) is 0 Å². The molecule has 1 aromatic rings. The summed E-state index contributed by atoms with van der Waals surface area (Å²) in [6.45, 7) is 4.67. The van der Waals surface area contributed by atoms with Crippen LogP contribution in [0.1, 0.15) is 38.7 Å². The van der Waals surface area contributed by atoms with Crippen molar-refractivity contribution < 1.29 is 14.3 Å². The van der Waals surface area contributed by atoms with E-state index in [-0.39, 0.29) is 5.91 Å². The predicted octanol–water partition coefficient (Wildman–Crippen LogP) is 3.24. The highest BCUT2D eigenvalue weighted by Crippen LogP contribution is 2.36. The fraction of sp³-hybridized carbons (Fsp3) is 0.588. The van der Waals surface area contributed by atoms with E-state index in [1.54, 1.807) is 14.2 Å². The first-order chi connectivity index (χ1) is 10.1. The van der Waals surface area contributed by atoms with Crippen molar-refractivity contribution in [2.45, 2.75) is 45.7 Å². The fourth-order valence-corrected chi connectivity index (χ4v) is 2.66. The van der Waals surface area contributed by atoms with Gasteiger partial charge >= 0.3 is 0 Å². The Morgan fingerprint density at radius 2 is 2.05 bits per heavy atom. The van der Waals surface area contributed by atoms with Crippen LogP contribution in [0.5, 0.6) is 11.5 Å². The zero-order chi connectivity index (χ0) is 15.4. The average molecular weight is 291 g/mol. The van der Waals surface area contributed by atoms with Crippen molar-refractivity contribution in [2.24, 2.45) is 5.92 Å². The SMILES string of the molecule is CCC(=O)N(Cc1ccc(OC)cc1OC)[C@H](C)C1CC1. The molecule has 0 unspecified atom stereocenters. The largest absolute Gasteiger partial charge is 0.497 e. The number of methoxy groups -OCH3 is 2. The average Bonchev–Trinajstić information content (AvgIpc) is 3.36. The molecule has 116 valence electrons. The van der Waals surface area contributed by atoms with E-state index in [0.717, 1.165) is 17.1 Å². The van der Waals surface area contributed by atoms with Crippen molar-refractivity contribution in [1.29, 1.82) is 0 Å². The highest BCUT2D eigenvalue weighted by Gasteiger charge is 2.34. The number of amides is 1. The van der Waals surface area contributed by atoms with E-state index in [0.29, 0.717) is 24.9 Å². The third kappa shape index (κ3) is 3.69. The van der Waals surface area contributed by atoms with Crippen LogP contribution in [0.15, 0.2) is 18.2 Å². The lowest BCUT2D eigenvalue weighted by Gasteiger charge is -2.30. The van der Waals surface area contributed by atoms with E-state index in [1.807, 2.05) is 30.0 Å². The van der Waals surface area contributed by atoms with Crippen LogP contribution in [0.3, 0.4) is 0 Å². The minimum atomic E-state index is 0.201. The molecule has 4 nitrogen and oxygen atoms in total. The van der Waals surface area contributed by atoms with Gasteiger partial charge in [-0.1, -0.05) is 6.92 Å². The summed E-state index contributed by atoms with van der Waals surface area (Å²) in [5, 5.41) is 0. The summed E-state index contributed by atoms with van der Waals surface area (Å²) in [6.07, 6.45) is 3.00. The van der Waals surface area contributed by atoms with Gasteiger partial charge in [0.05, 0.1) is 14.2 Å². The summed E-state index contributed by atoms with van der Waals surface area (Å²) in [6, 6.07) is 6.05. The Bertz CT molecular complexity index is 497. The van der Waals surface area contributed by atoms with Gasteiger partial charge in [0, 0.05) is 30.6 Å². The van der Waals surface area contributed by atoms with Gasteiger partial charge < -0.3 is 14.4 Å². The van der Waals surface area contributed by atoms with E-state index in [1.165, 1.54) is 12.8 Å². The van der Waals surface area contributed by atoms with E-state index in [9.17, 15) is 4.79 Å². The Morgan fingerprint density at radius 3 is 2.57 bits per heavy atom. The van der Waals surface area contributed by atoms with E-state index in [2.05, 4.69) is 6.92 Å². The van der Waals surface area contributed by atoms with Gasteiger partial charge in [-0.25, -0.2) is 0 Å². The molecule has 1 aliphatic rings. The minimum Gasteiger partial charge on any atom is -0.497 e. The van der Waals surface area contributed by atoms with Crippen molar-refractivity contribution in [3.8, 4) is 11.5 Å². The Morgan fingerprint density at radius 1 is 1.33 bits per heavy atom. The molecule has 1 amide bonds. The lowest BCUT2D eigenvalue weighted by molar-refractivity contribution is -0.134. The number of ether oxygens (including phenoxy) is 2. The normalized spacial score (nSPS) is 15.4. The zero-order valence-electron chi connectivity index (χ0n) is 13.4. The maximum Gasteiger partial charge on any atom is 0.222 e. The Balaban J connectivity index is 2.21. The Hall–Kier alpha value is -1.71. The first kappa shape index (κ1) is 15.7. The molecule has 0 aliphatic heterocycles. The smallest absolute Gasteiger partial charge is 0.222 e. The number of carbonyl (C=O) groups excluding carboxylic acids is 1. The first-order valence-electron chi connectivity index (χ1n) is 7.61. The molecular formula is C17H25NO3. The second kappa shape index (κ2) is 6.83. The molecule has 1 aliphatic carbocycles. The van der Waals surface area contributed by atoms with Crippen LogP contribution in [-0.2, 0) is 11.3 Å². The Kier molecular flexibility index (Phi) is 5.10. The predicted molar refractivity (Wildman–Crippen MR) is 82.6 cm³/mol. The van der Waals surface area contributed by atoms with Crippen molar-refractivity contribution in [3.05, 3.63) is 23.8 Å². The standard InChI is InChI=1S/C17H25NO3/c1-5-17(19)18(12(2)13-6-7-13)11-14-8-9-15(20-3)10-16(14)21-4/h8-10,12-13H,5-7,11H2,1-4H3/t12-/m1/s1. The molecule has 0 bridgehead atoms. The minimum absolute atomic E-state index is 0.201. The molecular weight excluding hydrogens is 266 g/mol. The molecule has 2 rings (SSSR count). The molecule has 1 atom stereocenters. The van der Waals surface area contributed by atoms with Gasteiger partial charge in [-0.3, -0.25) is 4.79 Å². The monoisotopic (exact) mass is 291 g/mol. The molecule has 1 fully saturated rings. The highest BCUT2D eigenvalue weighted by molar-refractivity contribution is 5.76. The molecule has 0 radical (unpaired) electrons. The summed E-state index contributed by atoms with van der Waals surface area (Å²) < 4.78 is 10.7. The van der Waals surface area contributed by atoms with E-state index >= 15 is 0 Å². The van der Waals surface area contributed by atoms with Gasteiger partial charge in [0.2, 0.25) is 5.91 Å². The van der Waals surface area contributed by atoms with Gasteiger partial charge in [0.25, 0.3) is 0 Å². The van der Waals surface area contributed by atoms with Crippen LogP contribution < -0.4 is 9.47 Å². The van der Waals surface area contributed by atoms with Gasteiger partial charge in [-0.2, -0.15) is 0 Å². The number of hydrogen-bond donors (Lipinski definition) is 0. The van der Waals surface area contributed by atoms with Crippen molar-refractivity contribution >= 4 is 5.91 Å². The molecule has 0 spiro atoms. The lowest BCUT2D eigenvalue weighted by atomic mass is 10.1. The van der Waals surface area contributed by atoms with Gasteiger partial charge in [0.1, 0.15) is 11.5 Å². The van der Waals surface area contributed by atoms with Crippen LogP contribution in [0, 0.1) is 5.92 Å². The zero-order valence-corrected chi connectivity index (χ0v) is 13.4. The molecule has 0 aromatic heterocycles. The van der Waals surface area contributed by atoms with E-state index < -0.39 is 0 Å². The summed E-state index contributed by atoms with van der Waals surface area (Å²) in [7, 11) is 3.28. The second-order valence-corrected chi connectivity index (χ2v) is 5.63. The molecule has 0 saturated heterocycles. The number of rotatable bonds is 7. The van der Waals surface area contributed by atoms with Gasteiger partial charge in [-0.15, -0.1) is 0 Å². The van der Waals surface area contributed by atoms with Crippen molar-refractivity contribution in [2.75, 3.05) is 14.2 Å². The molecule has 0 N–H and O–H groups in total. The summed E-state index contributed by atoms with van der Waals surface area (Å²) in [5.74, 6) is 2.39. The molecule has 21 heavy (non-hydrogen) atoms. The fourth-order valence-electron chi connectivity index (χ4n) is 2.66. The summed E-state index contributed by atoms with van der Waals surface area (Å²) in [4.78, 5) is 14.3. The Labute approximate surface area is 127 Å². The lowest BCUT2D eigenvalue weighted by Crippen LogP contribution is -2.39. The number of hydrogen-bond acceptors (Lipinski definition) is 3. The molecule has 0 heterocycles. The van der Waals surface area contributed by atoms with Crippen molar-refractivity contribution in [3.63, 3.8) is 0 Å². The van der Waals surface area contributed by atoms with Crippen LogP contribution in [-0.4, -0.2) is 31.1 Å². The third-order valence-corrected chi connectivity index (χ3v) is 4.25. The third-order valence-electron chi connectivity index (χ3n) is 4.25. The quantitative estimate of drug-likeness (QED) is 0.774. The molecule has 1 aromatic carbocycles. The van der Waals surface area contributed by atoms with Crippen LogP contribution in [0.2, 0.25) is 0 Å². The first-order valence-corrected chi connectivity index (χ1v) is 7.61. The van der Waals surface area contributed by atoms with Gasteiger partial charge in [0.15, 0.2) is 0 Å². The van der Waals surface area contributed by atoms with Gasteiger partial charge in [-0.05, 0) is 37.8 Å². The highest BCUT2D eigenvalue weighted by atomic mass is 16.5. The summed E-state index contributed by atoms with van der Waals surface area (Å²) >= 11 is 0. The molecule has 4 heteroatoms. The number of nitrogens with zero attached hydrogens (tertiary/aromatic N) is 1. The topological polar surface area (TPSA) is 38.8 Å². The summed E-state index contributed by atoms with van der Waals surface area (Å²) in [5.41, 5.74) is 1.02. The van der Waals surface area contributed by atoms with Crippen LogP contribution >= 0.6 is 0 Å². The number of carbonyl (C=O) groups is 1. The second-order valence-electron chi connectivity index (χ2n) is 5.63. The van der Waals surface area contributed by atoms with Crippen LogP contribution in [0.4, 0.5) is 0 Å². The molecule has 1 saturated carbocycles.